The summed E-state index contributed by atoms with van der Waals surface area (Å²) in [6.45, 7) is 8.22. The third-order valence-electron chi connectivity index (χ3n) is 8.61. The molecule has 5 amide bonds. The van der Waals surface area contributed by atoms with Gasteiger partial charge < -0.3 is 34.0 Å². The number of likely N-dealkylation sites (tertiary alicyclic amines) is 1. The van der Waals surface area contributed by atoms with Crippen LogP contribution in [0.15, 0.2) is 24.3 Å². The van der Waals surface area contributed by atoms with E-state index in [2.05, 4.69) is 0 Å². The van der Waals surface area contributed by atoms with Gasteiger partial charge in [0.05, 0.1) is 18.7 Å². The lowest BCUT2D eigenvalue weighted by Crippen LogP contribution is -2.49. The van der Waals surface area contributed by atoms with E-state index in [1.165, 1.54) is 4.90 Å². The summed E-state index contributed by atoms with van der Waals surface area (Å²) in [5.41, 5.74) is -0.273. The highest BCUT2D eigenvalue weighted by molar-refractivity contribution is 5.99. The van der Waals surface area contributed by atoms with Crippen molar-refractivity contribution in [2.24, 2.45) is 0 Å². The van der Waals surface area contributed by atoms with Crippen LogP contribution in [0.4, 0.5) is 4.79 Å². The van der Waals surface area contributed by atoms with Gasteiger partial charge in [-0.2, -0.15) is 0 Å². The number of fused-ring (bicyclic) bond motifs is 1. The molecule has 0 saturated carbocycles. The van der Waals surface area contributed by atoms with E-state index in [-0.39, 0.29) is 36.3 Å². The second-order valence-corrected chi connectivity index (χ2v) is 13.6. The molecule has 2 heterocycles. The highest BCUT2D eigenvalue weighted by atomic mass is 16.6. The maximum absolute atomic E-state index is 13.9. The molecular formula is C35H55N5O7. The molecule has 2 aliphatic rings. The average Bonchev–Trinajstić information content (AvgIpc) is 3.23. The van der Waals surface area contributed by atoms with Gasteiger partial charge in [0.1, 0.15) is 17.4 Å². The largest absolute Gasteiger partial charge is 0.493 e. The van der Waals surface area contributed by atoms with E-state index in [0.29, 0.717) is 89.2 Å². The molecule has 262 valence electrons. The van der Waals surface area contributed by atoms with E-state index in [0.717, 1.165) is 19.3 Å². The minimum Gasteiger partial charge on any atom is -0.493 e. The van der Waals surface area contributed by atoms with Gasteiger partial charge in [0.25, 0.3) is 5.91 Å². The molecule has 1 aromatic rings. The smallest absolute Gasteiger partial charge is 0.410 e. The zero-order valence-corrected chi connectivity index (χ0v) is 29.3. The van der Waals surface area contributed by atoms with Crippen LogP contribution in [0, 0.1) is 0 Å². The molecule has 1 saturated heterocycles. The van der Waals surface area contributed by atoms with Gasteiger partial charge in [-0.3, -0.25) is 19.2 Å². The molecule has 0 radical (unpaired) electrons. The van der Waals surface area contributed by atoms with Crippen LogP contribution in [0.1, 0.15) is 88.9 Å². The number of hydrogen-bond acceptors (Lipinski definition) is 7. The molecule has 0 aromatic heterocycles. The second kappa shape index (κ2) is 17.9. The fraction of sp³-hybridized carbons (Fsp3) is 0.686. The Labute approximate surface area is 280 Å². The molecule has 2 aliphatic heterocycles. The van der Waals surface area contributed by atoms with Crippen molar-refractivity contribution >= 4 is 29.7 Å². The van der Waals surface area contributed by atoms with Gasteiger partial charge in [-0.1, -0.05) is 18.6 Å². The highest BCUT2D eigenvalue weighted by Crippen LogP contribution is 2.23. The van der Waals surface area contributed by atoms with Gasteiger partial charge in [-0.05, 0) is 77.8 Å². The van der Waals surface area contributed by atoms with Crippen molar-refractivity contribution < 1.29 is 33.4 Å². The van der Waals surface area contributed by atoms with E-state index >= 15 is 0 Å². The van der Waals surface area contributed by atoms with Gasteiger partial charge in [-0.25, -0.2) is 4.79 Å². The summed E-state index contributed by atoms with van der Waals surface area (Å²) in [7, 11) is 5.07. The lowest BCUT2D eigenvalue weighted by Gasteiger charge is -2.32. The Morgan fingerprint density at radius 2 is 1.62 bits per heavy atom. The van der Waals surface area contributed by atoms with Crippen LogP contribution in [0.2, 0.25) is 0 Å². The Bertz CT molecular complexity index is 1230. The predicted octanol–water partition coefficient (Wildman–Crippen LogP) is 4.03. The first kappa shape index (κ1) is 37.6. The van der Waals surface area contributed by atoms with Crippen LogP contribution in [0.5, 0.6) is 5.75 Å². The van der Waals surface area contributed by atoms with E-state index in [4.69, 9.17) is 9.47 Å². The fourth-order valence-electron chi connectivity index (χ4n) is 5.79. The Morgan fingerprint density at radius 1 is 0.936 bits per heavy atom. The number of para-hydroxylation sites is 1. The van der Waals surface area contributed by atoms with Gasteiger partial charge in [0, 0.05) is 60.3 Å². The SMILES string of the molecule is CN(CCC[C@H]1C(=O)N(C)CCCCN(C(=O)OC(C)(C)C)CCCOc2ccccc2C(=O)N1C)C(=O)CN1CCCCCC1=O. The molecule has 12 nitrogen and oxygen atoms in total. The third-order valence-corrected chi connectivity index (χ3v) is 8.61. The maximum atomic E-state index is 13.9. The molecule has 0 spiro atoms. The molecule has 3 rings (SSSR count). The first-order valence-corrected chi connectivity index (χ1v) is 17.0. The summed E-state index contributed by atoms with van der Waals surface area (Å²) >= 11 is 0. The minimum atomic E-state index is -0.762. The number of nitrogens with zero attached hydrogens (tertiary/aromatic N) is 5. The van der Waals surface area contributed by atoms with Crippen LogP contribution in [0.25, 0.3) is 0 Å². The highest BCUT2D eigenvalue weighted by Gasteiger charge is 2.31. The minimum absolute atomic E-state index is 0.0193. The normalized spacial score (nSPS) is 19.5. The zero-order chi connectivity index (χ0) is 34.6. The molecule has 0 aliphatic carbocycles. The number of hydrogen-bond donors (Lipinski definition) is 0. The van der Waals surface area contributed by atoms with E-state index in [9.17, 15) is 24.0 Å². The maximum Gasteiger partial charge on any atom is 0.410 e. The average molecular weight is 658 g/mol. The predicted molar refractivity (Wildman–Crippen MR) is 179 cm³/mol. The van der Waals surface area contributed by atoms with Gasteiger partial charge >= 0.3 is 6.09 Å². The Kier molecular flexibility index (Phi) is 14.3. The Hall–Kier alpha value is -3.83. The lowest BCUT2D eigenvalue weighted by atomic mass is 10.1. The van der Waals surface area contributed by atoms with Crippen molar-refractivity contribution in [3.05, 3.63) is 29.8 Å². The number of carbonyl (C=O) groups is 5. The molecule has 47 heavy (non-hydrogen) atoms. The topological polar surface area (TPSA) is 120 Å². The molecule has 1 aromatic carbocycles. The van der Waals surface area contributed by atoms with Crippen LogP contribution in [0.3, 0.4) is 0 Å². The number of rotatable bonds is 6. The Balaban J connectivity index is 1.73. The summed E-state index contributed by atoms with van der Waals surface area (Å²) in [6, 6.07) is 6.21. The monoisotopic (exact) mass is 657 g/mol. The van der Waals surface area contributed by atoms with E-state index in [1.54, 1.807) is 65.0 Å². The van der Waals surface area contributed by atoms with Crippen molar-refractivity contribution in [3.8, 4) is 5.75 Å². The molecule has 0 bridgehead atoms. The number of ether oxygens (including phenoxy) is 2. The summed E-state index contributed by atoms with van der Waals surface area (Å²) in [5.74, 6) is -0.241. The molecular weight excluding hydrogens is 602 g/mol. The van der Waals surface area contributed by atoms with Crippen molar-refractivity contribution in [1.82, 2.24) is 24.5 Å². The van der Waals surface area contributed by atoms with Crippen molar-refractivity contribution in [3.63, 3.8) is 0 Å². The van der Waals surface area contributed by atoms with Gasteiger partial charge in [0.2, 0.25) is 17.7 Å². The number of carbonyl (C=O) groups excluding carboxylic acids is 5. The molecule has 1 atom stereocenters. The van der Waals surface area contributed by atoms with E-state index < -0.39 is 11.6 Å². The molecule has 0 unspecified atom stereocenters. The summed E-state index contributed by atoms with van der Waals surface area (Å²) in [4.78, 5) is 74.0. The second-order valence-electron chi connectivity index (χ2n) is 13.6. The number of benzene rings is 1. The van der Waals surface area contributed by atoms with Crippen molar-refractivity contribution in [2.75, 3.05) is 67.0 Å². The first-order chi connectivity index (χ1) is 22.3. The zero-order valence-electron chi connectivity index (χ0n) is 29.3. The number of amides is 5. The first-order valence-electron chi connectivity index (χ1n) is 17.0. The Morgan fingerprint density at radius 3 is 2.36 bits per heavy atom. The molecule has 1 fully saturated rings. The number of likely N-dealkylation sites (N-methyl/N-ethyl adjacent to an activating group) is 3. The quantitative estimate of drug-likeness (QED) is 0.453. The van der Waals surface area contributed by atoms with Crippen LogP contribution in [-0.2, 0) is 19.1 Å². The van der Waals surface area contributed by atoms with E-state index in [1.807, 2.05) is 20.8 Å². The standard InChI is InChI=1S/C35H55N5O7/c1-35(2,3)47-34(45)39-22-13-12-20-37(5)33(44)28(38(6)32(43)27-16-9-10-18-29(27)46-25-15-24-39)17-14-21-36(4)31(42)26-40-23-11-7-8-19-30(40)41/h9-10,16,18,28H,7-8,11-15,17,19-26H2,1-6H3/t28-/m0/s1. The van der Waals surface area contributed by atoms with Crippen molar-refractivity contribution in [2.45, 2.75) is 90.2 Å². The van der Waals surface area contributed by atoms with Crippen LogP contribution < -0.4 is 4.74 Å². The van der Waals surface area contributed by atoms with Crippen molar-refractivity contribution in [1.29, 1.82) is 0 Å². The van der Waals surface area contributed by atoms with Gasteiger partial charge in [-0.15, -0.1) is 0 Å². The van der Waals surface area contributed by atoms with Crippen LogP contribution in [-0.4, -0.2) is 133 Å². The lowest BCUT2D eigenvalue weighted by molar-refractivity contribution is -0.139. The van der Waals surface area contributed by atoms with Crippen LogP contribution >= 0.6 is 0 Å². The molecule has 0 N–H and O–H groups in total. The summed E-state index contributed by atoms with van der Waals surface area (Å²) < 4.78 is 11.7. The summed E-state index contributed by atoms with van der Waals surface area (Å²) in [6.07, 6.45) is 5.56. The third kappa shape index (κ3) is 11.7. The van der Waals surface area contributed by atoms with Gasteiger partial charge in [0.15, 0.2) is 0 Å². The molecule has 12 heteroatoms. The fourth-order valence-corrected chi connectivity index (χ4v) is 5.79. The summed E-state index contributed by atoms with van der Waals surface area (Å²) in [5, 5.41) is 0.